The number of hydrogen-bond acceptors (Lipinski definition) is 2. The van der Waals surface area contributed by atoms with Crippen LogP contribution in [0.3, 0.4) is 0 Å². The molecule has 1 atom stereocenters. The van der Waals surface area contributed by atoms with Gasteiger partial charge in [0, 0.05) is 7.05 Å². The van der Waals surface area contributed by atoms with Gasteiger partial charge in [-0.25, -0.2) is 4.98 Å². The maximum Gasteiger partial charge on any atom is 0.106 e. The molecule has 1 aliphatic heterocycles. The first-order chi connectivity index (χ1) is 8.74. The van der Waals surface area contributed by atoms with Gasteiger partial charge in [-0.3, -0.25) is 0 Å². The highest BCUT2D eigenvalue weighted by Gasteiger charge is 2.14. The molecular formula is C15H21N3. The zero-order valence-corrected chi connectivity index (χ0v) is 11.2. The van der Waals surface area contributed by atoms with E-state index in [1.165, 1.54) is 43.4 Å². The van der Waals surface area contributed by atoms with Crippen LogP contribution in [0.2, 0.25) is 0 Å². The van der Waals surface area contributed by atoms with Gasteiger partial charge in [0.25, 0.3) is 0 Å². The van der Waals surface area contributed by atoms with E-state index < -0.39 is 0 Å². The quantitative estimate of drug-likeness (QED) is 0.878. The lowest BCUT2D eigenvalue weighted by Crippen LogP contribution is -2.30. The second-order valence-electron chi connectivity index (χ2n) is 5.46. The molecule has 18 heavy (non-hydrogen) atoms. The Labute approximate surface area is 108 Å². The summed E-state index contributed by atoms with van der Waals surface area (Å²) in [6, 6.07) is 6.71. The Bertz CT molecular complexity index is 550. The van der Waals surface area contributed by atoms with E-state index in [0.717, 1.165) is 17.3 Å². The Balaban J connectivity index is 1.85. The van der Waals surface area contributed by atoms with Crippen LogP contribution in [0.5, 0.6) is 0 Å². The molecule has 1 aromatic heterocycles. The minimum atomic E-state index is 0.797. The van der Waals surface area contributed by atoms with E-state index in [0.29, 0.717) is 0 Å². The average molecular weight is 243 g/mol. The zero-order valence-electron chi connectivity index (χ0n) is 11.2. The maximum absolute atomic E-state index is 4.55. The Hall–Kier alpha value is -1.35. The third-order valence-corrected chi connectivity index (χ3v) is 4.09. The number of aromatic nitrogens is 2. The van der Waals surface area contributed by atoms with Crippen molar-refractivity contribution < 1.29 is 0 Å². The van der Waals surface area contributed by atoms with Crippen LogP contribution in [0.15, 0.2) is 18.2 Å². The first-order valence-corrected chi connectivity index (χ1v) is 6.87. The predicted octanol–water partition coefficient (Wildman–Crippen LogP) is 2.42. The van der Waals surface area contributed by atoms with Crippen LogP contribution in [0.25, 0.3) is 11.0 Å². The molecule has 0 radical (unpaired) electrons. The smallest absolute Gasteiger partial charge is 0.106 e. The number of fused-ring (bicyclic) bond motifs is 1. The number of nitrogens with zero attached hydrogens (tertiary/aromatic N) is 2. The normalized spacial score (nSPS) is 20.4. The molecule has 2 aromatic rings. The molecular weight excluding hydrogens is 222 g/mol. The summed E-state index contributed by atoms with van der Waals surface area (Å²) in [5.74, 6) is 1.88. The highest BCUT2D eigenvalue weighted by atomic mass is 15.0. The van der Waals surface area contributed by atoms with Crippen LogP contribution in [0.4, 0.5) is 0 Å². The highest BCUT2D eigenvalue weighted by molar-refractivity contribution is 5.76. The fourth-order valence-electron chi connectivity index (χ4n) is 2.91. The van der Waals surface area contributed by atoms with Gasteiger partial charge in [-0.15, -0.1) is 0 Å². The van der Waals surface area contributed by atoms with E-state index in [2.05, 4.69) is 47.0 Å². The van der Waals surface area contributed by atoms with Gasteiger partial charge in [0.1, 0.15) is 5.82 Å². The van der Waals surface area contributed by atoms with Gasteiger partial charge in [0.2, 0.25) is 0 Å². The molecule has 2 heterocycles. The monoisotopic (exact) mass is 243 g/mol. The Morgan fingerprint density at radius 1 is 1.44 bits per heavy atom. The van der Waals surface area contributed by atoms with Crippen LogP contribution in [-0.4, -0.2) is 22.6 Å². The van der Waals surface area contributed by atoms with E-state index in [9.17, 15) is 0 Å². The predicted molar refractivity (Wildman–Crippen MR) is 74.7 cm³/mol. The lowest BCUT2D eigenvalue weighted by atomic mass is 9.92. The van der Waals surface area contributed by atoms with Crippen molar-refractivity contribution >= 4 is 11.0 Å². The molecule has 1 N–H and O–H groups in total. The standard InChI is InChI=1S/C15H21N3/c1-11-17-14-6-5-12(9-15(14)18(11)2)8-13-4-3-7-16-10-13/h5-6,9,13,16H,3-4,7-8,10H2,1-2H3. The Kier molecular flexibility index (Phi) is 3.08. The first kappa shape index (κ1) is 11.7. The summed E-state index contributed by atoms with van der Waals surface area (Å²) in [4.78, 5) is 4.55. The number of aryl methyl sites for hydroxylation is 2. The highest BCUT2D eigenvalue weighted by Crippen LogP contribution is 2.21. The molecule has 0 amide bonds. The fraction of sp³-hybridized carbons (Fsp3) is 0.533. The van der Waals surface area contributed by atoms with E-state index in [-0.39, 0.29) is 0 Å². The minimum Gasteiger partial charge on any atom is -0.331 e. The Morgan fingerprint density at radius 2 is 2.33 bits per heavy atom. The average Bonchev–Trinajstić information content (AvgIpc) is 2.67. The molecule has 3 rings (SSSR count). The summed E-state index contributed by atoms with van der Waals surface area (Å²) in [7, 11) is 2.09. The van der Waals surface area contributed by atoms with Crippen molar-refractivity contribution in [1.29, 1.82) is 0 Å². The molecule has 0 spiro atoms. The van der Waals surface area contributed by atoms with Gasteiger partial charge in [-0.1, -0.05) is 6.07 Å². The van der Waals surface area contributed by atoms with E-state index in [1.54, 1.807) is 0 Å². The third kappa shape index (κ3) is 2.15. The lowest BCUT2D eigenvalue weighted by Gasteiger charge is -2.22. The van der Waals surface area contributed by atoms with Gasteiger partial charge in [0.15, 0.2) is 0 Å². The third-order valence-electron chi connectivity index (χ3n) is 4.09. The topological polar surface area (TPSA) is 29.9 Å². The summed E-state index contributed by atoms with van der Waals surface area (Å²) in [5, 5.41) is 3.49. The molecule has 0 saturated carbocycles. The summed E-state index contributed by atoms with van der Waals surface area (Å²) < 4.78 is 2.18. The summed E-state index contributed by atoms with van der Waals surface area (Å²) >= 11 is 0. The van der Waals surface area contributed by atoms with Crippen molar-refractivity contribution in [3.63, 3.8) is 0 Å². The van der Waals surface area contributed by atoms with Gasteiger partial charge in [-0.05, 0) is 62.9 Å². The van der Waals surface area contributed by atoms with Gasteiger partial charge < -0.3 is 9.88 Å². The second kappa shape index (κ2) is 4.73. The molecule has 1 aliphatic rings. The van der Waals surface area contributed by atoms with Gasteiger partial charge >= 0.3 is 0 Å². The summed E-state index contributed by atoms with van der Waals surface area (Å²) in [5.41, 5.74) is 3.81. The molecule has 1 aromatic carbocycles. The van der Waals surface area contributed by atoms with Crippen molar-refractivity contribution in [3.8, 4) is 0 Å². The number of nitrogens with one attached hydrogen (secondary N) is 1. The van der Waals surface area contributed by atoms with Crippen LogP contribution in [0.1, 0.15) is 24.2 Å². The SMILES string of the molecule is Cc1nc2ccc(CC3CCCNC3)cc2n1C. The fourth-order valence-corrected chi connectivity index (χ4v) is 2.91. The van der Waals surface area contributed by atoms with Gasteiger partial charge in [0.05, 0.1) is 11.0 Å². The maximum atomic E-state index is 4.55. The number of hydrogen-bond donors (Lipinski definition) is 1. The summed E-state index contributed by atoms with van der Waals surface area (Å²) in [6.07, 6.45) is 3.86. The van der Waals surface area contributed by atoms with Crippen molar-refractivity contribution in [3.05, 3.63) is 29.6 Å². The van der Waals surface area contributed by atoms with E-state index >= 15 is 0 Å². The molecule has 96 valence electrons. The molecule has 0 bridgehead atoms. The lowest BCUT2D eigenvalue weighted by molar-refractivity contribution is 0.376. The van der Waals surface area contributed by atoms with Crippen molar-refractivity contribution in [1.82, 2.24) is 14.9 Å². The number of imidazole rings is 1. The molecule has 3 heteroatoms. The largest absolute Gasteiger partial charge is 0.331 e. The van der Waals surface area contributed by atoms with Crippen LogP contribution in [0, 0.1) is 12.8 Å². The molecule has 1 saturated heterocycles. The van der Waals surface area contributed by atoms with Gasteiger partial charge in [-0.2, -0.15) is 0 Å². The molecule has 1 unspecified atom stereocenters. The Morgan fingerprint density at radius 3 is 3.11 bits per heavy atom. The number of benzene rings is 1. The van der Waals surface area contributed by atoms with Crippen molar-refractivity contribution in [2.24, 2.45) is 13.0 Å². The van der Waals surface area contributed by atoms with Crippen molar-refractivity contribution in [2.75, 3.05) is 13.1 Å². The minimum absolute atomic E-state index is 0.797. The zero-order chi connectivity index (χ0) is 12.5. The second-order valence-corrected chi connectivity index (χ2v) is 5.46. The van der Waals surface area contributed by atoms with E-state index in [4.69, 9.17) is 0 Å². The number of rotatable bonds is 2. The van der Waals surface area contributed by atoms with Crippen LogP contribution >= 0.6 is 0 Å². The van der Waals surface area contributed by atoms with Crippen LogP contribution in [-0.2, 0) is 13.5 Å². The van der Waals surface area contributed by atoms with Crippen molar-refractivity contribution in [2.45, 2.75) is 26.2 Å². The van der Waals surface area contributed by atoms with Crippen LogP contribution < -0.4 is 5.32 Å². The molecule has 3 nitrogen and oxygen atoms in total. The number of piperidine rings is 1. The first-order valence-electron chi connectivity index (χ1n) is 6.87. The molecule has 1 fully saturated rings. The van der Waals surface area contributed by atoms with E-state index in [1.807, 2.05) is 0 Å². The summed E-state index contributed by atoms with van der Waals surface area (Å²) in [6.45, 7) is 4.42. The molecule has 0 aliphatic carbocycles.